The molecule has 1 aromatic carbocycles. The fourth-order valence-corrected chi connectivity index (χ4v) is 4.69. The molecule has 122 valence electrons. The van der Waals surface area contributed by atoms with Crippen LogP contribution in [0.5, 0.6) is 0 Å². The SMILES string of the molecule is O=C(c1cc(Br)c(Br)s1)N1CCN(Cc2ccc(Cl)cc2)CC1. The number of halogens is 3. The summed E-state index contributed by atoms with van der Waals surface area (Å²) in [7, 11) is 0. The van der Waals surface area contributed by atoms with Crippen LogP contribution in [0.1, 0.15) is 15.2 Å². The molecule has 1 aliphatic rings. The van der Waals surface area contributed by atoms with Crippen molar-refractivity contribution in [1.29, 1.82) is 0 Å². The van der Waals surface area contributed by atoms with Gasteiger partial charge in [0, 0.05) is 42.2 Å². The number of nitrogens with zero attached hydrogens (tertiary/aromatic N) is 2. The molecule has 1 aliphatic heterocycles. The van der Waals surface area contributed by atoms with Crippen molar-refractivity contribution >= 4 is 60.7 Å². The largest absolute Gasteiger partial charge is 0.335 e. The van der Waals surface area contributed by atoms with E-state index in [0.29, 0.717) is 0 Å². The van der Waals surface area contributed by atoms with Crippen molar-refractivity contribution < 1.29 is 4.79 Å². The summed E-state index contributed by atoms with van der Waals surface area (Å²) in [5.74, 6) is 0.118. The van der Waals surface area contributed by atoms with Gasteiger partial charge >= 0.3 is 0 Å². The highest BCUT2D eigenvalue weighted by Gasteiger charge is 2.23. The van der Waals surface area contributed by atoms with E-state index >= 15 is 0 Å². The minimum Gasteiger partial charge on any atom is -0.335 e. The van der Waals surface area contributed by atoms with Crippen LogP contribution in [0, 0.1) is 0 Å². The van der Waals surface area contributed by atoms with Crippen LogP contribution in [0.3, 0.4) is 0 Å². The Bertz CT molecular complexity index is 677. The molecule has 1 saturated heterocycles. The third kappa shape index (κ3) is 4.37. The second kappa shape index (κ2) is 7.66. The summed E-state index contributed by atoms with van der Waals surface area (Å²) in [6.45, 7) is 4.21. The van der Waals surface area contributed by atoms with E-state index in [9.17, 15) is 4.79 Å². The average Bonchev–Trinajstić information content (AvgIpc) is 2.89. The molecule has 1 amide bonds. The molecular weight excluding hydrogens is 464 g/mol. The zero-order valence-electron chi connectivity index (χ0n) is 12.3. The van der Waals surface area contributed by atoms with E-state index in [1.54, 1.807) is 0 Å². The highest BCUT2D eigenvalue weighted by Crippen LogP contribution is 2.33. The Labute approximate surface area is 161 Å². The minimum atomic E-state index is 0.118. The van der Waals surface area contributed by atoms with E-state index in [1.807, 2.05) is 23.1 Å². The lowest BCUT2D eigenvalue weighted by Gasteiger charge is -2.34. The van der Waals surface area contributed by atoms with Gasteiger partial charge in [-0.15, -0.1) is 11.3 Å². The molecule has 7 heteroatoms. The predicted octanol–water partition coefficient (Wildman–Crippen LogP) is 4.88. The third-order valence-electron chi connectivity index (χ3n) is 3.83. The lowest BCUT2D eigenvalue weighted by atomic mass is 10.2. The summed E-state index contributed by atoms with van der Waals surface area (Å²) in [5.41, 5.74) is 1.25. The smallest absolute Gasteiger partial charge is 0.264 e. The van der Waals surface area contributed by atoms with Crippen LogP contribution in [0.25, 0.3) is 0 Å². The number of carbonyl (C=O) groups is 1. The van der Waals surface area contributed by atoms with Crippen molar-refractivity contribution in [2.45, 2.75) is 6.54 Å². The van der Waals surface area contributed by atoms with Crippen LogP contribution in [0.15, 0.2) is 38.6 Å². The van der Waals surface area contributed by atoms with E-state index in [4.69, 9.17) is 11.6 Å². The van der Waals surface area contributed by atoms with Crippen LogP contribution in [-0.2, 0) is 6.54 Å². The molecule has 1 fully saturated rings. The van der Waals surface area contributed by atoms with Gasteiger partial charge < -0.3 is 4.90 Å². The summed E-state index contributed by atoms with van der Waals surface area (Å²) >= 11 is 14.3. The van der Waals surface area contributed by atoms with Gasteiger partial charge in [0.15, 0.2) is 0 Å². The van der Waals surface area contributed by atoms with E-state index in [-0.39, 0.29) is 5.91 Å². The van der Waals surface area contributed by atoms with Crippen molar-refractivity contribution in [1.82, 2.24) is 9.80 Å². The molecular formula is C16H15Br2ClN2OS. The van der Waals surface area contributed by atoms with Crippen LogP contribution in [0.2, 0.25) is 5.02 Å². The minimum absolute atomic E-state index is 0.118. The highest BCUT2D eigenvalue weighted by molar-refractivity contribution is 9.13. The predicted molar refractivity (Wildman–Crippen MR) is 102 cm³/mol. The second-order valence-corrected chi connectivity index (χ2v) is 9.09. The normalized spacial score (nSPS) is 15.9. The second-order valence-electron chi connectivity index (χ2n) is 5.43. The Kier molecular flexibility index (Phi) is 5.80. The molecule has 0 N–H and O–H groups in total. The number of hydrogen-bond acceptors (Lipinski definition) is 3. The topological polar surface area (TPSA) is 23.6 Å². The lowest BCUT2D eigenvalue weighted by molar-refractivity contribution is 0.0633. The first-order chi connectivity index (χ1) is 11.0. The monoisotopic (exact) mass is 476 g/mol. The molecule has 23 heavy (non-hydrogen) atoms. The van der Waals surface area contributed by atoms with Gasteiger partial charge in [0.25, 0.3) is 5.91 Å². The highest BCUT2D eigenvalue weighted by atomic mass is 79.9. The summed E-state index contributed by atoms with van der Waals surface area (Å²) in [6.07, 6.45) is 0. The molecule has 3 rings (SSSR count). The first-order valence-corrected chi connectivity index (χ1v) is 10.0. The van der Waals surface area contributed by atoms with E-state index in [1.165, 1.54) is 16.9 Å². The molecule has 2 heterocycles. The van der Waals surface area contributed by atoms with Gasteiger partial charge in [-0.2, -0.15) is 0 Å². The van der Waals surface area contributed by atoms with Crippen molar-refractivity contribution in [2.75, 3.05) is 26.2 Å². The first-order valence-electron chi connectivity index (χ1n) is 7.24. The quantitative estimate of drug-likeness (QED) is 0.628. The van der Waals surface area contributed by atoms with Gasteiger partial charge in [-0.3, -0.25) is 9.69 Å². The number of benzene rings is 1. The van der Waals surface area contributed by atoms with Crippen LogP contribution >= 0.6 is 54.8 Å². The van der Waals surface area contributed by atoms with Crippen molar-refractivity contribution in [3.8, 4) is 0 Å². The number of rotatable bonds is 3. The molecule has 0 atom stereocenters. The number of hydrogen-bond donors (Lipinski definition) is 0. The van der Waals surface area contributed by atoms with Gasteiger partial charge in [0.1, 0.15) is 0 Å². The Hall–Kier alpha value is -0.400. The number of carbonyl (C=O) groups excluding carboxylic acids is 1. The van der Waals surface area contributed by atoms with Crippen LogP contribution in [0.4, 0.5) is 0 Å². The fourth-order valence-electron chi connectivity index (χ4n) is 2.56. The maximum atomic E-state index is 12.5. The molecule has 0 unspecified atom stereocenters. The summed E-state index contributed by atoms with van der Waals surface area (Å²) < 4.78 is 1.90. The summed E-state index contributed by atoms with van der Waals surface area (Å²) in [5, 5.41) is 0.762. The van der Waals surface area contributed by atoms with Crippen LogP contribution in [-0.4, -0.2) is 41.9 Å². The Balaban J connectivity index is 1.55. The molecule has 0 spiro atoms. The summed E-state index contributed by atoms with van der Waals surface area (Å²) in [6, 6.07) is 9.84. The molecule has 0 radical (unpaired) electrons. The number of amides is 1. The molecule has 0 aliphatic carbocycles. The summed E-state index contributed by atoms with van der Waals surface area (Å²) in [4.78, 5) is 17.6. The number of thiophene rings is 1. The fraction of sp³-hybridized carbons (Fsp3) is 0.312. The van der Waals surface area contributed by atoms with E-state index < -0.39 is 0 Å². The Morgan fingerprint density at radius 2 is 1.78 bits per heavy atom. The van der Waals surface area contributed by atoms with Crippen molar-refractivity contribution in [2.24, 2.45) is 0 Å². The zero-order valence-corrected chi connectivity index (χ0v) is 17.0. The van der Waals surface area contributed by atoms with Crippen molar-refractivity contribution in [3.63, 3.8) is 0 Å². The Morgan fingerprint density at radius 3 is 2.35 bits per heavy atom. The molecule has 3 nitrogen and oxygen atoms in total. The maximum Gasteiger partial charge on any atom is 0.264 e. The van der Waals surface area contributed by atoms with E-state index in [0.717, 1.165) is 50.9 Å². The lowest BCUT2D eigenvalue weighted by Crippen LogP contribution is -2.48. The Morgan fingerprint density at radius 1 is 1.13 bits per heavy atom. The maximum absolute atomic E-state index is 12.5. The van der Waals surface area contributed by atoms with Gasteiger partial charge in [-0.1, -0.05) is 23.7 Å². The van der Waals surface area contributed by atoms with Gasteiger partial charge in [0.2, 0.25) is 0 Å². The van der Waals surface area contributed by atoms with E-state index in [2.05, 4.69) is 48.9 Å². The third-order valence-corrected chi connectivity index (χ3v) is 7.33. The first kappa shape index (κ1) is 17.4. The molecule has 2 aromatic rings. The molecule has 1 aromatic heterocycles. The standard InChI is InChI=1S/C16H15Br2ClN2OS/c17-13-9-14(23-15(13)18)16(22)21-7-5-20(6-8-21)10-11-1-3-12(19)4-2-11/h1-4,9H,5-8,10H2. The van der Waals surface area contributed by atoms with Crippen LogP contribution < -0.4 is 0 Å². The average molecular weight is 479 g/mol. The molecule has 0 bridgehead atoms. The van der Waals surface area contributed by atoms with Gasteiger partial charge in [-0.05, 0) is 55.6 Å². The molecule has 0 saturated carbocycles. The van der Waals surface area contributed by atoms with Gasteiger partial charge in [-0.25, -0.2) is 0 Å². The number of piperazine rings is 1. The van der Waals surface area contributed by atoms with Crippen molar-refractivity contribution in [3.05, 3.63) is 54.1 Å². The van der Waals surface area contributed by atoms with Gasteiger partial charge in [0.05, 0.1) is 8.66 Å². The zero-order chi connectivity index (χ0) is 16.4.